The molecule has 0 bridgehead atoms. The monoisotopic (exact) mass is 859 g/mol. The average Bonchev–Trinajstić information content (AvgIpc) is 3.26. The summed E-state index contributed by atoms with van der Waals surface area (Å²) < 4.78 is 33.5. The number of benzene rings is 7. The first-order valence-corrected chi connectivity index (χ1v) is 21.4. The third kappa shape index (κ3) is 10.4. The summed E-state index contributed by atoms with van der Waals surface area (Å²) in [5, 5.41) is 60.9. The average molecular weight is 860 g/mol. The van der Waals surface area contributed by atoms with E-state index in [4.69, 9.17) is 0 Å². The minimum atomic E-state index is -4.60. The van der Waals surface area contributed by atoms with Crippen LogP contribution in [-0.2, 0) is 23.3 Å². The van der Waals surface area contributed by atoms with Crippen LogP contribution in [0.4, 0.5) is 51.2 Å². The molecule has 4 N–H and O–H groups in total. The minimum Gasteiger partial charge on any atom is -0.505 e. The fourth-order valence-electron chi connectivity index (χ4n) is 6.67. The molecule has 0 atom stereocenters. The third-order valence-corrected chi connectivity index (χ3v) is 11.3. The van der Waals surface area contributed by atoms with E-state index >= 15 is 0 Å². The van der Waals surface area contributed by atoms with Crippen molar-refractivity contribution in [2.24, 2.45) is 40.9 Å². The summed E-state index contributed by atoms with van der Waals surface area (Å²) in [7, 11) is -4.60. The second kappa shape index (κ2) is 18.7. The van der Waals surface area contributed by atoms with Crippen LogP contribution in [0.1, 0.15) is 44.5 Å². The maximum atomic E-state index is 11.9. The lowest BCUT2D eigenvalue weighted by Gasteiger charge is -2.09. The van der Waals surface area contributed by atoms with Crippen molar-refractivity contribution in [1.29, 1.82) is 0 Å². The maximum absolute atomic E-state index is 11.9. The molecule has 63 heavy (non-hydrogen) atoms. The fourth-order valence-corrected chi connectivity index (χ4v) is 7.35. The van der Waals surface area contributed by atoms with E-state index in [1.807, 2.05) is 114 Å². The van der Waals surface area contributed by atoms with Gasteiger partial charge < -0.3 is 15.5 Å². The number of anilines is 1. The lowest BCUT2D eigenvalue weighted by molar-refractivity contribution is 0.281. The third-order valence-electron chi connectivity index (χ3n) is 10.4. The Morgan fingerprint density at radius 2 is 0.905 bits per heavy atom. The molecule has 0 saturated heterocycles. The summed E-state index contributed by atoms with van der Waals surface area (Å²) in [5.41, 5.74) is 11.4. The normalized spacial score (nSPS) is 12.2. The topological polar surface area (TPSA) is 206 Å². The molecule has 7 aromatic carbocycles. The summed E-state index contributed by atoms with van der Waals surface area (Å²) in [6.45, 7) is 11.7. The van der Waals surface area contributed by atoms with Crippen LogP contribution in [0.2, 0.25) is 0 Å². The summed E-state index contributed by atoms with van der Waals surface area (Å²) >= 11 is 0. The molecule has 0 aliphatic carbocycles. The number of aliphatic hydroxyl groups excluding tert-OH is 1. The molecule has 7 rings (SSSR count). The Balaban J connectivity index is 1.02. The van der Waals surface area contributed by atoms with Gasteiger partial charge in [-0.3, -0.25) is 4.55 Å². The van der Waals surface area contributed by atoms with Gasteiger partial charge in [0.15, 0.2) is 5.75 Å². The highest BCUT2D eigenvalue weighted by molar-refractivity contribution is 7.86. The van der Waals surface area contributed by atoms with E-state index in [0.717, 1.165) is 50.5 Å². The highest BCUT2D eigenvalue weighted by Crippen LogP contribution is 2.39. The molecule has 0 unspecified atom stereocenters. The second-order valence-corrected chi connectivity index (χ2v) is 16.6. The van der Waals surface area contributed by atoms with Crippen LogP contribution in [0, 0.1) is 41.5 Å². The fraction of sp³-hybridized carbons (Fsp3) is 0.167. The van der Waals surface area contributed by atoms with E-state index in [2.05, 4.69) is 58.4 Å². The lowest BCUT2D eigenvalue weighted by atomic mass is 10.1. The van der Waals surface area contributed by atoms with Crippen molar-refractivity contribution in [3.8, 4) is 5.75 Å². The van der Waals surface area contributed by atoms with Gasteiger partial charge >= 0.3 is 0 Å². The molecule has 14 nitrogen and oxygen atoms in total. The highest BCUT2D eigenvalue weighted by Gasteiger charge is 2.17. The molecule has 0 aliphatic heterocycles. The molecule has 0 amide bonds. The van der Waals surface area contributed by atoms with E-state index in [-0.39, 0.29) is 11.4 Å². The number of aromatic hydroxyl groups is 1. The Morgan fingerprint density at radius 1 is 0.476 bits per heavy atom. The Hall–Kier alpha value is -7.33. The molecular weight excluding hydrogens is 815 g/mol. The van der Waals surface area contributed by atoms with E-state index in [1.54, 1.807) is 12.1 Å². The Kier molecular flexibility index (Phi) is 13.0. The quantitative estimate of drug-likeness (QED) is 0.0655. The van der Waals surface area contributed by atoms with Crippen molar-refractivity contribution >= 4 is 72.1 Å². The van der Waals surface area contributed by atoms with Crippen molar-refractivity contribution in [3.05, 3.63) is 160 Å². The van der Waals surface area contributed by atoms with Crippen LogP contribution in [0.3, 0.4) is 0 Å². The van der Waals surface area contributed by atoms with Crippen molar-refractivity contribution in [1.82, 2.24) is 0 Å². The van der Waals surface area contributed by atoms with Gasteiger partial charge in [0.2, 0.25) is 0 Å². The number of phenols is 1. The van der Waals surface area contributed by atoms with Crippen molar-refractivity contribution in [2.75, 3.05) is 5.32 Å². The van der Waals surface area contributed by atoms with Crippen molar-refractivity contribution in [3.63, 3.8) is 0 Å². The van der Waals surface area contributed by atoms with Crippen LogP contribution in [0.5, 0.6) is 5.75 Å². The van der Waals surface area contributed by atoms with Crippen LogP contribution in [0.25, 0.3) is 10.8 Å². The Morgan fingerprint density at radius 3 is 1.35 bits per heavy atom. The van der Waals surface area contributed by atoms with E-state index in [1.165, 1.54) is 17.7 Å². The smallest absolute Gasteiger partial charge is 0.296 e. The summed E-state index contributed by atoms with van der Waals surface area (Å²) in [6, 6.07) is 34.9. The first kappa shape index (κ1) is 43.7. The van der Waals surface area contributed by atoms with E-state index in [0.29, 0.717) is 57.3 Å². The minimum absolute atomic E-state index is 0.0614. The molecule has 15 heteroatoms. The van der Waals surface area contributed by atoms with Gasteiger partial charge in [-0.05, 0) is 164 Å². The standard InChI is InChI=1S/C48H45N9O5S/c1-28-20-43(30(3)18-41(28)52-50-39-16-12-35(27-58)24-47(39)63(60,61)62)54-56-45-22-33(6)46(23-32(45)5)57-55-44-21-29(2)42(19-31(44)4)53-51-40-17-13-36-25-37(14-15-38(36)48(40)59)49-26-34-10-8-7-9-11-34/h7-25,49,58-59H,26-27H2,1-6H3,(H,60,61,62). The van der Waals surface area contributed by atoms with Crippen molar-refractivity contribution < 1.29 is 23.2 Å². The van der Waals surface area contributed by atoms with Crippen LogP contribution in [0.15, 0.2) is 161 Å². The largest absolute Gasteiger partial charge is 0.505 e. The van der Waals surface area contributed by atoms with Crippen LogP contribution < -0.4 is 5.32 Å². The zero-order valence-corrected chi connectivity index (χ0v) is 36.3. The molecule has 0 heterocycles. The zero-order valence-electron chi connectivity index (χ0n) is 35.5. The molecule has 0 aliphatic rings. The van der Waals surface area contributed by atoms with Gasteiger partial charge in [-0.15, -0.1) is 10.2 Å². The van der Waals surface area contributed by atoms with Crippen molar-refractivity contribution in [2.45, 2.75) is 59.6 Å². The van der Waals surface area contributed by atoms with Gasteiger partial charge in [0.1, 0.15) is 16.3 Å². The van der Waals surface area contributed by atoms with Gasteiger partial charge in [0.25, 0.3) is 10.1 Å². The predicted molar refractivity (Wildman–Crippen MR) is 246 cm³/mol. The number of phenolic OH excluding ortho intramolecular Hbond substituents is 1. The zero-order chi connectivity index (χ0) is 44.8. The van der Waals surface area contributed by atoms with E-state index in [9.17, 15) is 23.2 Å². The SMILES string of the molecule is Cc1cc(N=Nc2cc(C)c(N=Nc3ccc4cc(NCc5ccccc5)ccc4c3O)cc2C)c(C)cc1N=Nc1cc(C)c(N=Nc2ccc(CO)cc2S(=O)(=O)O)cc1C. The molecule has 7 aromatic rings. The number of azo groups is 4. The first-order chi connectivity index (χ1) is 30.2. The number of aryl methyl sites for hydroxylation is 6. The van der Waals surface area contributed by atoms with Gasteiger partial charge in [0.05, 0.1) is 40.7 Å². The Labute approximate surface area is 365 Å². The molecule has 0 fully saturated rings. The van der Waals surface area contributed by atoms with Gasteiger partial charge in [-0.2, -0.15) is 39.1 Å². The van der Waals surface area contributed by atoms with Gasteiger partial charge in [0, 0.05) is 17.6 Å². The summed E-state index contributed by atoms with van der Waals surface area (Å²) in [4.78, 5) is -0.446. The molecule has 0 radical (unpaired) electrons. The number of nitrogens with one attached hydrogen (secondary N) is 1. The maximum Gasteiger partial charge on any atom is 0.296 e. The van der Waals surface area contributed by atoms with E-state index < -0.39 is 21.6 Å². The van der Waals surface area contributed by atoms with Gasteiger partial charge in [-0.25, -0.2) is 0 Å². The predicted octanol–water partition coefficient (Wildman–Crippen LogP) is 14.4. The molecule has 318 valence electrons. The number of nitrogens with zero attached hydrogens (tertiary/aromatic N) is 8. The molecule has 0 spiro atoms. The second-order valence-electron chi connectivity index (χ2n) is 15.2. The summed E-state index contributed by atoms with van der Waals surface area (Å²) in [5.74, 6) is 0.0635. The van der Waals surface area contributed by atoms with Crippen LogP contribution in [-0.4, -0.2) is 23.2 Å². The molecule has 0 aromatic heterocycles. The number of fused-ring (bicyclic) bond motifs is 1. The van der Waals surface area contributed by atoms with Crippen LogP contribution >= 0.6 is 0 Å². The lowest BCUT2D eigenvalue weighted by Crippen LogP contribution is -1.99. The highest BCUT2D eigenvalue weighted by atomic mass is 32.2. The number of rotatable bonds is 13. The van der Waals surface area contributed by atoms with Gasteiger partial charge in [-0.1, -0.05) is 42.5 Å². The first-order valence-electron chi connectivity index (χ1n) is 19.9. The molecular formula is C48H45N9O5S. The number of aliphatic hydroxyl groups is 1. The molecule has 0 saturated carbocycles. The Bertz CT molecular complexity index is 3110. The summed E-state index contributed by atoms with van der Waals surface area (Å²) in [6.07, 6.45) is 0. The number of hydrogen-bond acceptors (Lipinski definition) is 13. The number of hydrogen-bond donors (Lipinski definition) is 4.